The fourth-order valence-electron chi connectivity index (χ4n) is 7.59. The van der Waals surface area contributed by atoms with E-state index in [4.69, 9.17) is 11.3 Å². The normalized spacial score (nSPS) is 12.1. The van der Waals surface area contributed by atoms with Crippen LogP contribution < -0.4 is 5.19 Å². The molecule has 0 atom stereocenters. The summed E-state index contributed by atoms with van der Waals surface area (Å²) in [5.41, 5.74) is 12.9. The molecule has 0 aliphatic carbocycles. The van der Waals surface area contributed by atoms with Crippen molar-refractivity contribution in [2.75, 3.05) is 0 Å². The molecule has 0 saturated heterocycles. The summed E-state index contributed by atoms with van der Waals surface area (Å²) in [6.07, 6.45) is 3.93. The second kappa shape index (κ2) is 16.5. The minimum absolute atomic E-state index is 0. The van der Waals surface area contributed by atoms with E-state index in [2.05, 4.69) is 145 Å². The first-order valence-electron chi connectivity index (χ1n) is 19.4. The number of hydrogen-bond donors (Lipinski definition) is 0. The predicted molar refractivity (Wildman–Crippen MR) is 238 cm³/mol. The van der Waals surface area contributed by atoms with Crippen molar-refractivity contribution in [2.24, 2.45) is 0 Å². The van der Waals surface area contributed by atoms with Gasteiger partial charge in [-0.05, 0) is 71.4 Å². The van der Waals surface area contributed by atoms with Gasteiger partial charge in [0, 0.05) is 38.6 Å². The average Bonchev–Trinajstić information content (AvgIpc) is 3.54. The average molecular weight is 932 g/mol. The summed E-state index contributed by atoms with van der Waals surface area (Å²) < 4.78 is 11.1. The Labute approximate surface area is 347 Å². The Morgan fingerprint density at radius 2 is 1.44 bits per heavy atom. The van der Waals surface area contributed by atoms with Gasteiger partial charge in [-0.2, -0.15) is 11.3 Å². The SMILES string of the molecule is Cc1cc(C)c(-c2c[c-]c(-c3cc(C(C)C)ccn3)c3sc4ccccc4c23)c(C)c1.[2H]C(C)(C)c1cc(-c2[c-]cc3ccccc3c2)ncc1[Si](C)(C)C.[Ir]. The van der Waals surface area contributed by atoms with Gasteiger partial charge in [-0.15, -0.1) is 46.8 Å². The fraction of sp³-hybridized carbons (Fsp3) is 0.240. The van der Waals surface area contributed by atoms with Gasteiger partial charge >= 0.3 is 0 Å². The third-order valence-corrected chi connectivity index (χ3v) is 13.5. The van der Waals surface area contributed by atoms with Gasteiger partial charge in [0.2, 0.25) is 0 Å². The molecule has 281 valence electrons. The standard InChI is InChI=1S/C29H26NS.C21H24NSi.Ir/c1-17(2)21-12-13-30-25(16-21)22-10-11-24(27-19(4)14-18(3)15-20(27)5)28-23-8-6-7-9-26(23)31-29(22)28;1-15(2)19-13-20(22-14-21(19)23(3,4)5)18-11-10-16-8-6-7-9-17(16)12-18;/h6-9,11-17H,1-5H3;6-10,12-15H,1-5H3;/q2*-1;/i;15D;. The Morgan fingerprint density at radius 3 is 2.13 bits per heavy atom. The first-order valence-corrected chi connectivity index (χ1v) is 23.2. The zero-order valence-corrected chi connectivity index (χ0v) is 37.8. The molecule has 1 radical (unpaired) electrons. The van der Waals surface area contributed by atoms with E-state index in [-0.39, 0.29) is 20.1 Å². The summed E-state index contributed by atoms with van der Waals surface area (Å²) in [5, 5.41) is 6.27. The van der Waals surface area contributed by atoms with Crippen LogP contribution in [0.5, 0.6) is 0 Å². The monoisotopic (exact) mass is 932 g/mol. The number of pyridine rings is 2. The van der Waals surface area contributed by atoms with Crippen LogP contribution in [-0.4, -0.2) is 18.0 Å². The zero-order chi connectivity index (χ0) is 39.2. The van der Waals surface area contributed by atoms with Crippen LogP contribution in [0.25, 0.3) is 64.6 Å². The van der Waals surface area contributed by atoms with Crippen molar-refractivity contribution in [3.8, 4) is 33.6 Å². The van der Waals surface area contributed by atoms with E-state index >= 15 is 0 Å². The van der Waals surface area contributed by atoms with Gasteiger partial charge in [-0.25, -0.2) is 0 Å². The van der Waals surface area contributed by atoms with Crippen molar-refractivity contribution in [3.05, 3.63) is 149 Å². The number of rotatable bonds is 6. The first kappa shape index (κ1) is 39.0. The van der Waals surface area contributed by atoms with E-state index in [0.29, 0.717) is 5.92 Å². The van der Waals surface area contributed by atoms with Crippen LogP contribution in [0, 0.1) is 32.9 Å². The summed E-state index contributed by atoms with van der Waals surface area (Å²) in [4.78, 5) is 9.45. The Morgan fingerprint density at radius 1 is 0.745 bits per heavy atom. The van der Waals surface area contributed by atoms with E-state index in [1.807, 2.05) is 55.8 Å². The van der Waals surface area contributed by atoms with E-state index in [9.17, 15) is 0 Å². The maximum absolute atomic E-state index is 8.57. The molecular weight excluding hydrogens is 881 g/mol. The number of hydrogen-bond acceptors (Lipinski definition) is 3. The minimum atomic E-state index is -1.55. The molecule has 8 rings (SSSR count). The molecule has 0 fully saturated rings. The quantitative estimate of drug-likeness (QED) is 0.123. The molecule has 0 spiro atoms. The van der Waals surface area contributed by atoms with Gasteiger partial charge in [0.05, 0.1) is 8.07 Å². The molecule has 5 aromatic carbocycles. The number of thiophene rings is 1. The molecule has 0 saturated carbocycles. The van der Waals surface area contributed by atoms with Crippen molar-refractivity contribution in [1.29, 1.82) is 0 Å². The van der Waals surface area contributed by atoms with Crippen LogP contribution in [0.4, 0.5) is 0 Å². The van der Waals surface area contributed by atoms with Gasteiger partial charge in [0.15, 0.2) is 0 Å². The van der Waals surface area contributed by atoms with Crippen molar-refractivity contribution in [3.63, 3.8) is 0 Å². The number of benzene rings is 5. The third kappa shape index (κ3) is 8.32. The molecule has 8 aromatic rings. The maximum Gasteiger partial charge on any atom is 0.0799 e. The van der Waals surface area contributed by atoms with Gasteiger partial charge in [0.25, 0.3) is 0 Å². The van der Waals surface area contributed by atoms with Gasteiger partial charge < -0.3 is 9.97 Å². The van der Waals surface area contributed by atoms with Crippen LogP contribution in [-0.2, 0) is 20.1 Å². The zero-order valence-electron chi connectivity index (χ0n) is 34.6. The smallest absolute Gasteiger partial charge is 0.0799 e. The molecule has 0 N–H and O–H groups in total. The first-order chi connectivity index (χ1) is 26.1. The van der Waals surface area contributed by atoms with E-state index in [1.165, 1.54) is 69.5 Å². The molecule has 0 unspecified atom stereocenters. The Hall–Kier alpha value is -4.25. The number of fused-ring (bicyclic) bond motifs is 4. The number of aryl methyl sites for hydroxylation is 3. The van der Waals surface area contributed by atoms with Crippen molar-refractivity contribution in [1.82, 2.24) is 9.97 Å². The van der Waals surface area contributed by atoms with Crippen LogP contribution in [0.3, 0.4) is 0 Å². The van der Waals surface area contributed by atoms with Crippen LogP contribution in [0.1, 0.15) is 68.7 Å². The molecule has 55 heavy (non-hydrogen) atoms. The summed E-state index contributed by atoms with van der Waals surface area (Å²) in [5.74, 6) is -0.166. The largest absolute Gasteiger partial charge is 0.305 e. The minimum Gasteiger partial charge on any atom is -0.305 e. The molecule has 5 heteroatoms. The topological polar surface area (TPSA) is 25.8 Å². The molecule has 0 bridgehead atoms. The van der Waals surface area contributed by atoms with E-state index in [1.54, 1.807) is 0 Å². The Balaban J connectivity index is 0.000000193. The molecule has 0 aliphatic heterocycles. The second-order valence-corrected chi connectivity index (χ2v) is 22.2. The second-order valence-electron chi connectivity index (χ2n) is 16.1. The summed E-state index contributed by atoms with van der Waals surface area (Å²) in [6, 6.07) is 41.4. The van der Waals surface area contributed by atoms with Gasteiger partial charge in [-0.1, -0.05) is 164 Å². The maximum atomic E-state index is 8.57. The summed E-state index contributed by atoms with van der Waals surface area (Å²) in [7, 11) is -1.55. The number of aromatic nitrogens is 2. The summed E-state index contributed by atoms with van der Waals surface area (Å²) in [6.45, 7) is 21.9. The molecule has 0 amide bonds. The molecule has 2 nitrogen and oxygen atoms in total. The molecule has 3 heterocycles. The molecular formula is C50H50IrN2SSi-2. The van der Waals surface area contributed by atoms with Crippen LogP contribution in [0.2, 0.25) is 19.6 Å². The van der Waals surface area contributed by atoms with E-state index < -0.39 is 14.0 Å². The molecule has 0 aliphatic rings. The van der Waals surface area contributed by atoms with Gasteiger partial charge in [0.1, 0.15) is 0 Å². The number of nitrogens with zero attached hydrogens (tertiary/aromatic N) is 2. The molecule has 3 aromatic heterocycles. The van der Waals surface area contributed by atoms with Gasteiger partial charge in [-0.3, -0.25) is 0 Å². The fourth-order valence-corrected chi connectivity index (χ4v) is 10.4. The Kier molecular flexibility index (Phi) is 11.7. The predicted octanol–water partition coefficient (Wildman–Crippen LogP) is 14.0. The van der Waals surface area contributed by atoms with E-state index in [0.717, 1.165) is 28.1 Å². The van der Waals surface area contributed by atoms with Crippen LogP contribution in [0.15, 0.2) is 109 Å². The summed E-state index contributed by atoms with van der Waals surface area (Å²) >= 11 is 1.85. The Bertz CT molecular complexity index is 2680. The van der Waals surface area contributed by atoms with Crippen molar-refractivity contribution in [2.45, 2.75) is 79.9 Å². The van der Waals surface area contributed by atoms with Crippen LogP contribution >= 0.6 is 11.3 Å². The van der Waals surface area contributed by atoms with Crippen molar-refractivity contribution >= 4 is 55.5 Å². The third-order valence-electron chi connectivity index (χ3n) is 10.3. The van der Waals surface area contributed by atoms with Crippen molar-refractivity contribution < 1.29 is 21.5 Å².